The fourth-order valence-electron chi connectivity index (χ4n) is 6.34. The van der Waals surface area contributed by atoms with Crippen LogP contribution < -0.4 is 0 Å². The molecule has 1 aliphatic rings. The zero-order chi connectivity index (χ0) is 25.2. The number of pyridine rings is 1. The second kappa shape index (κ2) is 8.42. The van der Waals surface area contributed by atoms with E-state index in [0.29, 0.717) is 11.3 Å². The van der Waals surface area contributed by atoms with Gasteiger partial charge in [0, 0.05) is 27.2 Å². The molecule has 0 bridgehead atoms. The molecule has 5 aromatic rings. The van der Waals surface area contributed by atoms with Crippen LogP contribution in [0.25, 0.3) is 42.2 Å². The number of hydrogen-bond acceptors (Lipinski definition) is 2. The maximum absolute atomic E-state index is 4.97. The van der Waals surface area contributed by atoms with Gasteiger partial charge in [-0.3, -0.25) is 4.98 Å². The molecule has 1 aliphatic carbocycles. The Morgan fingerprint density at radius 3 is 2.33 bits per heavy atom. The number of thiophene rings is 1. The quantitative estimate of drug-likeness (QED) is 0.239. The Labute approximate surface area is 219 Å². The molecule has 0 saturated heterocycles. The zero-order valence-corrected chi connectivity index (χ0v) is 23.4. The van der Waals surface area contributed by atoms with Gasteiger partial charge in [0.25, 0.3) is 0 Å². The molecule has 0 spiro atoms. The van der Waals surface area contributed by atoms with Crippen LogP contribution >= 0.6 is 11.3 Å². The van der Waals surface area contributed by atoms with Gasteiger partial charge in [-0.05, 0) is 95.0 Å². The Kier molecular flexibility index (Phi) is 5.53. The van der Waals surface area contributed by atoms with Gasteiger partial charge in [0.1, 0.15) is 0 Å². The van der Waals surface area contributed by atoms with E-state index >= 15 is 0 Å². The van der Waals surface area contributed by atoms with Gasteiger partial charge >= 0.3 is 0 Å². The number of aromatic nitrogens is 1. The van der Waals surface area contributed by atoms with E-state index in [1.807, 2.05) is 17.5 Å². The predicted octanol–water partition coefficient (Wildman–Crippen LogP) is 10.6. The number of hydrogen-bond donors (Lipinski definition) is 0. The highest BCUT2D eigenvalue weighted by molar-refractivity contribution is 7.26. The first-order chi connectivity index (χ1) is 17.1. The first-order valence-electron chi connectivity index (χ1n) is 13.5. The summed E-state index contributed by atoms with van der Waals surface area (Å²) in [6.45, 7) is 14.1. The fourth-order valence-corrected chi connectivity index (χ4v) is 7.66. The molecule has 0 radical (unpaired) electrons. The smallest absolute Gasteiger partial charge is 0.0880 e. The second-order valence-corrected chi connectivity index (χ2v) is 13.7. The van der Waals surface area contributed by atoms with Crippen molar-refractivity contribution in [2.24, 2.45) is 5.41 Å². The van der Waals surface area contributed by atoms with Crippen molar-refractivity contribution < 1.29 is 0 Å². The molecule has 1 nitrogen and oxygen atoms in total. The molecular formula is C34H37NS. The molecule has 2 heteroatoms. The molecule has 0 unspecified atom stereocenters. The second-order valence-electron chi connectivity index (χ2n) is 12.7. The Morgan fingerprint density at radius 2 is 1.58 bits per heavy atom. The van der Waals surface area contributed by atoms with E-state index in [4.69, 9.17) is 4.98 Å². The van der Waals surface area contributed by atoms with Gasteiger partial charge in [0.05, 0.1) is 10.4 Å². The van der Waals surface area contributed by atoms with Crippen LogP contribution in [0.15, 0.2) is 60.8 Å². The van der Waals surface area contributed by atoms with E-state index in [1.54, 1.807) is 5.56 Å². The highest BCUT2D eigenvalue weighted by atomic mass is 32.1. The molecule has 1 saturated carbocycles. The van der Waals surface area contributed by atoms with E-state index in [1.165, 1.54) is 73.3 Å². The summed E-state index contributed by atoms with van der Waals surface area (Å²) in [7, 11) is 0. The topological polar surface area (TPSA) is 12.9 Å². The summed E-state index contributed by atoms with van der Waals surface area (Å²) in [5, 5.41) is 5.35. The number of benzene rings is 3. The monoisotopic (exact) mass is 491 g/mol. The predicted molar refractivity (Wildman–Crippen MR) is 158 cm³/mol. The van der Waals surface area contributed by atoms with Crippen LogP contribution in [-0.4, -0.2) is 4.98 Å². The number of aryl methyl sites for hydroxylation is 1. The van der Waals surface area contributed by atoms with Gasteiger partial charge in [0.15, 0.2) is 0 Å². The lowest BCUT2D eigenvalue weighted by Crippen LogP contribution is -2.20. The Hall–Kier alpha value is -2.71. The maximum atomic E-state index is 4.97. The van der Waals surface area contributed by atoms with Crippen molar-refractivity contribution in [2.45, 2.75) is 78.6 Å². The van der Waals surface area contributed by atoms with E-state index in [2.05, 4.69) is 96.1 Å². The van der Waals surface area contributed by atoms with Crippen LogP contribution in [0.2, 0.25) is 0 Å². The normalized spacial score (nSPS) is 16.8. The summed E-state index contributed by atoms with van der Waals surface area (Å²) in [6, 6.07) is 20.5. The summed E-state index contributed by atoms with van der Waals surface area (Å²) in [6.07, 6.45) is 7.27. The van der Waals surface area contributed by atoms with Crippen molar-refractivity contribution >= 4 is 42.3 Å². The first kappa shape index (κ1) is 23.7. The average molecular weight is 492 g/mol. The molecule has 1 fully saturated rings. The Balaban J connectivity index is 1.53. The third-order valence-corrected chi connectivity index (χ3v) is 9.92. The minimum Gasteiger partial charge on any atom is -0.255 e. The largest absolute Gasteiger partial charge is 0.255 e. The molecule has 184 valence electrons. The van der Waals surface area contributed by atoms with Gasteiger partial charge in [-0.2, -0.15) is 0 Å². The van der Waals surface area contributed by atoms with E-state index in [-0.39, 0.29) is 5.41 Å². The van der Waals surface area contributed by atoms with Crippen LogP contribution in [0.1, 0.15) is 82.9 Å². The highest BCUT2D eigenvalue weighted by Gasteiger charge is 2.29. The van der Waals surface area contributed by atoms with Crippen LogP contribution in [-0.2, 0) is 5.41 Å². The zero-order valence-electron chi connectivity index (χ0n) is 22.5. The van der Waals surface area contributed by atoms with Gasteiger partial charge in [0.2, 0.25) is 0 Å². The van der Waals surface area contributed by atoms with Crippen molar-refractivity contribution in [3.8, 4) is 11.3 Å². The van der Waals surface area contributed by atoms with Gasteiger partial charge in [-0.15, -0.1) is 11.3 Å². The van der Waals surface area contributed by atoms with Crippen molar-refractivity contribution in [3.63, 3.8) is 0 Å². The van der Waals surface area contributed by atoms with Crippen LogP contribution in [0, 0.1) is 12.3 Å². The number of fused-ring (bicyclic) bond motifs is 4. The molecule has 0 N–H and O–H groups in total. The summed E-state index contributed by atoms with van der Waals surface area (Å²) in [5.41, 5.74) is 7.34. The highest BCUT2D eigenvalue weighted by Crippen LogP contribution is 2.47. The Morgan fingerprint density at radius 1 is 0.861 bits per heavy atom. The van der Waals surface area contributed by atoms with E-state index in [9.17, 15) is 0 Å². The third-order valence-electron chi connectivity index (χ3n) is 8.57. The van der Waals surface area contributed by atoms with Crippen molar-refractivity contribution in [1.29, 1.82) is 0 Å². The van der Waals surface area contributed by atoms with Crippen LogP contribution in [0.4, 0.5) is 0 Å². The molecule has 0 aliphatic heterocycles. The standard InChI is InChI=1S/C34H37NS/c1-21-25(22-13-16-34(5,6)17-14-22)11-12-27-28-15-18-35-30(32(28)36-31(21)27)24-19-23-9-7-8-10-26(23)29(20-24)33(2,3)4/h7-12,15,18-20,22H,13-14,16-17H2,1-6H3. The molecule has 6 rings (SSSR count). The van der Waals surface area contributed by atoms with E-state index in [0.717, 1.165) is 5.69 Å². The molecule has 0 amide bonds. The minimum absolute atomic E-state index is 0.0593. The molecule has 0 atom stereocenters. The van der Waals surface area contributed by atoms with Crippen LogP contribution in [0.5, 0.6) is 0 Å². The molecule has 36 heavy (non-hydrogen) atoms. The van der Waals surface area contributed by atoms with Crippen molar-refractivity contribution in [2.75, 3.05) is 0 Å². The lowest BCUT2D eigenvalue weighted by molar-refractivity contribution is 0.224. The lowest BCUT2D eigenvalue weighted by Gasteiger charge is -2.35. The van der Waals surface area contributed by atoms with Gasteiger partial charge in [-0.1, -0.05) is 71.0 Å². The van der Waals surface area contributed by atoms with Crippen LogP contribution in [0.3, 0.4) is 0 Å². The summed E-state index contributed by atoms with van der Waals surface area (Å²) < 4.78 is 2.76. The number of rotatable bonds is 2. The van der Waals surface area contributed by atoms with E-state index < -0.39 is 0 Å². The Bertz CT molecular complexity index is 1600. The molecule has 3 aromatic carbocycles. The van der Waals surface area contributed by atoms with Gasteiger partial charge < -0.3 is 0 Å². The fraction of sp³-hybridized carbons (Fsp3) is 0.382. The lowest BCUT2D eigenvalue weighted by atomic mass is 9.70. The molecule has 2 aromatic heterocycles. The molecular weight excluding hydrogens is 454 g/mol. The van der Waals surface area contributed by atoms with Crippen molar-refractivity contribution in [3.05, 3.63) is 77.5 Å². The average Bonchev–Trinajstić information content (AvgIpc) is 3.23. The summed E-state index contributed by atoms with van der Waals surface area (Å²) in [4.78, 5) is 4.97. The van der Waals surface area contributed by atoms with Crippen molar-refractivity contribution in [1.82, 2.24) is 4.98 Å². The SMILES string of the molecule is Cc1c(C2CCC(C)(C)CC2)ccc2c1sc1c(-c3cc(C(C)(C)C)c4ccccc4c3)nccc12. The molecule has 2 heterocycles. The summed E-state index contributed by atoms with van der Waals surface area (Å²) in [5.74, 6) is 0.695. The first-order valence-corrected chi connectivity index (χ1v) is 14.3. The van der Waals surface area contributed by atoms with Gasteiger partial charge in [-0.25, -0.2) is 0 Å². The summed E-state index contributed by atoms with van der Waals surface area (Å²) >= 11 is 1.94. The number of nitrogens with zero attached hydrogens (tertiary/aromatic N) is 1. The maximum Gasteiger partial charge on any atom is 0.0880 e. The minimum atomic E-state index is 0.0593. The third kappa shape index (κ3) is 3.95.